The van der Waals surface area contributed by atoms with E-state index in [2.05, 4.69) is 5.10 Å². The zero-order chi connectivity index (χ0) is 15.6. The summed E-state index contributed by atoms with van der Waals surface area (Å²) in [5.41, 5.74) is 1.55. The summed E-state index contributed by atoms with van der Waals surface area (Å²) in [6.45, 7) is 1.91. The number of rotatable bonds is 4. The Kier molecular flexibility index (Phi) is 4.07. The van der Waals surface area contributed by atoms with Crippen LogP contribution in [-0.4, -0.2) is 37.3 Å². The Bertz CT molecular complexity index is 735. The molecule has 0 N–H and O–H groups in total. The number of carbonyl (C=O) groups excluding carboxylic acids is 1. The molecule has 6 nitrogen and oxygen atoms in total. The highest BCUT2D eigenvalue weighted by molar-refractivity contribution is 5.83. The molecule has 0 saturated carbocycles. The molecule has 1 aromatic heterocycles. The van der Waals surface area contributed by atoms with Crippen LogP contribution in [0.3, 0.4) is 0 Å². The number of carbonyl (C=O) groups is 1. The van der Waals surface area contributed by atoms with Crippen molar-refractivity contribution in [2.24, 2.45) is 0 Å². The molecule has 0 spiro atoms. The van der Waals surface area contributed by atoms with Crippen LogP contribution in [0.4, 0.5) is 5.69 Å². The molecule has 2 rings (SSSR count). The van der Waals surface area contributed by atoms with Gasteiger partial charge in [0.15, 0.2) is 6.29 Å². The number of anilines is 1. The molecule has 1 aromatic carbocycles. The Balaban J connectivity index is 2.74. The summed E-state index contributed by atoms with van der Waals surface area (Å²) < 4.78 is 6.45. The molecular weight excluding hydrogens is 270 g/mol. The van der Waals surface area contributed by atoms with Gasteiger partial charge in [0.1, 0.15) is 17.0 Å². The van der Waals surface area contributed by atoms with Crippen LogP contribution in [-0.2, 0) is 0 Å². The van der Waals surface area contributed by atoms with Crippen LogP contribution in [0.2, 0.25) is 0 Å². The zero-order valence-electron chi connectivity index (χ0n) is 12.5. The monoisotopic (exact) mass is 287 g/mol. The smallest absolute Gasteiger partial charge is 0.284 e. The van der Waals surface area contributed by atoms with Gasteiger partial charge in [-0.1, -0.05) is 6.07 Å². The van der Waals surface area contributed by atoms with E-state index in [1.807, 2.05) is 13.0 Å². The van der Waals surface area contributed by atoms with Crippen molar-refractivity contribution in [2.75, 3.05) is 26.1 Å². The quantitative estimate of drug-likeness (QED) is 0.796. The Morgan fingerprint density at radius 2 is 2.05 bits per heavy atom. The van der Waals surface area contributed by atoms with E-state index < -0.39 is 5.56 Å². The van der Waals surface area contributed by atoms with Crippen molar-refractivity contribution in [2.45, 2.75) is 6.92 Å². The molecule has 0 radical (unpaired) electrons. The van der Waals surface area contributed by atoms with Gasteiger partial charge in [-0.2, -0.15) is 9.78 Å². The summed E-state index contributed by atoms with van der Waals surface area (Å²) in [5, 5.41) is 4.15. The van der Waals surface area contributed by atoms with E-state index >= 15 is 0 Å². The minimum absolute atomic E-state index is 0.0681. The second-order valence-corrected chi connectivity index (χ2v) is 4.85. The van der Waals surface area contributed by atoms with Crippen LogP contribution >= 0.6 is 0 Å². The number of hydrogen-bond acceptors (Lipinski definition) is 5. The van der Waals surface area contributed by atoms with E-state index in [4.69, 9.17) is 4.74 Å². The maximum absolute atomic E-state index is 12.5. The van der Waals surface area contributed by atoms with Gasteiger partial charge in [-0.3, -0.25) is 9.59 Å². The molecule has 0 saturated heterocycles. The third kappa shape index (κ3) is 2.65. The summed E-state index contributed by atoms with van der Waals surface area (Å²) in [5.74, 6) is 0.518. The highest BCUT2D eigenvalue weighted by Gasteiger charge is 2.15. The fourth-order valence-electron chi connectivity index (χ4n) is 2.06. The van der Waals surface area contributed by atoms with E-state index in [1.165, 1.54) is 18.0 Å². The molecule has 0 aliphatic rings. The molecule has 1 heterocycles. The molecule has 0 aliphatic carbocycles. The van der Waals surface area contributed by atoms with E-state index in [1.54, 1.807) is 31.1 Å². The lowest BCUT2D eigenvalue weighted by Gasteiger charge is -2.16. The number of benzene rings is 1. The van der Waals surface area contributed by atoms with Gasteiger partial charge >= 0.3 is 0 Å². The number of nitrogens with zero attached hydrogens (tertiary/aromatic N) is 3. The van der Waals surface area contributed by atoms with Crippen molar-refractivity contribution in [3.8, 4) is 11.4 Å². The standard InChI is InChI=1S/C15H17N3O3/c1-10-5-6-14(21-4)12(7-10)18-15(20)11(9-19)13(8-16-18)17(2)3/h5-9H,1-4H3. The molecule has 21 heavy (non-hydrogen) atoms. The van der Waals surface area contributed by atoms with Crippen LogP contribution in [0.25, 0.3) is 5.69 Å². The van der Waals surface area contributed by atoms with Crippen molar-refractivity contribution in [1.29, 1.82) is 0 Å². The van der Waals surface area contributed by atoms with Crippen molar-refractivity contribution < 1.29 is 9.53 Å². The minimum Gasteiger partial charge on any atom is -0.494 e. The highest BCUT2D eigenvalue weighted by atomic mass is 16.5. The third-order valence-electron chi connectivity index (χ3n) is 3.16. The number of methoxy groups -OCH3 is 1. The van der Waals surface area contributed by atoms with E-state index in [0.29, 0.717) is 23.4 Å². The van der Waals surface area contributed by atoms with Crippen molar-refractivity contribution >= 4 is 12.0 Å². The molecule has 110 valence electrons. The lowest BCUT2D eigenvalue weighted by molar-refractivity contribution is 0.112. The van der Waals surface area contributed by atoms with Gasteiger partial charge in [-0.05, 0) is 24.6 Å². The molecule has 0 bridgehead atoms. The summed E-state index contributed by atoms with van der Waals surface area (Å²) in [6, 6.07) is 5.43. The second kappa shape index (κ2) is 5.78. The molecule has 0 atom stereocenters. The van der Waals surface area contributed by atoms with E-state index in [9.17, 15) is 9.59 Å². The Labute approximate surface area is 122 Å². The first-order valence-electron chi connectivity index (χ1n) is 6.39. The molecule has 0 amide bonds. The fourth-order valence-corrected chi connectivity index (χ4v) is 2.06. The van der Waals surface area contributed by atoms with Crippen molar-refractivity contribution in [3.63, 3.8) is 0 Å². The predicted octanol–water partition coefficient (Wildman–Crippen LogP) is 1.43. The van der Waals surface area contributed by atoms with Gasteiger partial charge in [0.25, 0.3) is 5.56 Å². The number of aryl methyl sites for hydroxylation is 1. The second-order valence-electron chi connectivity index (χ2n) is 4.85. The number of aldehydes is 1. The Morgan fingerprint density at radius 1 is 1.33 bits per heavy atom. The topological polar surface area (TPSA) is 64.4 Å². The van der Waals surface area contributed by atoms with Crippen molar-refractivity contribution in [3.05, 3.63) is 45.9 Å². The Hall–Kier alpha value is -2.63. The van der Waals surface area contributed by atoms with Gasteiger partial charge in [-0.15, -0.1) is 0 Å². The Morgan fingerprint density at radius 3 is 2.62 bits per heavy atom. The van der Waals surface area contributed by atoms with Crippen LogP contribution in [0.15, 0.2) is 29.2 Å². The molecule has 2 aromatic rings. The highest BCUT2D eigenvalue weighted by Crippen LogP contribution is 2.23. The zero-order valence-corrected chi connectivity index (χ0v) is 12.5. The SMILES string of the molecule is COc1ccc(C)cc1-n1ncc(N(C)C)c(C=O)c1=O. The van der Waals surface area contributed by atoms with E-state index in [0.717, 1.165) is 5.56 Å². The van der Waals surface area contributed by atoms with Gasteiger partial charge in [0.2, 0.25) is 0 Å². The van der Waals surface area contributed by atoms with Crippen LogP contribution in [0.5, 0.6) is 5.75 Å². The number of hydrogen-bond donors (Lipinski definition) is 0. The van der Waals surface area contributed by atoms with Crippen LogP contribution < -0.4 is 15.2 Å². The van der Waals surface area contributed by atoms with Gasteiger partial charge in [0.05, 0.1) is 19.0 Å². The van der Waals surface area contributed by atoms with E-state index in [-0.39, 0.29) is 5.56 Å². The molecule has 0 aliphatic heterocycles. The molecule has 0 fully saturated rings. The molecule has 0 unspecified atom stereocenters. The van der Waals surface area contributed by atoms with Gasteiger partial charge in [0, 0.05) is 14.1 Å². The van der Waals surface area contributed by atoms with Gasteiger partial charge < -0.3 is 9.64 Å². The molecular formula is C15H17N3O3. The lowest BCUT2D eigenvalue weighted by atomic mass is 10.2. The maximum Gasteiger partial charge on any atom is 0.284 e. The summed E-state index contributed by atoms with van der Waals surface area (Å²) in [7, 11) is 5.02. The first-order valence-corrected chi connectivity index (χ1v) is 6.39. The normalized spacial score (nSPS) is 10.3. The summed E-state index contributed by atoms with van der Waals surface area (Å²) >= 11 is 0. The number of aromatic nitrogens is 2. The van der Waals surface area contributed by atoms with Crippen LogP contribution in [0, 0.1) is 6.92 Å². The largest absolute Gasteiger partial charge is 0.494 e. The third-order valence-corrected chi connectivity index (χ3v) is 3.16. The average Bonchev–Trinajstić information content (AvgIpc) is 2.46. The summed E-state index contributed by atoms with van der Waals surface area (Å²) in [4.78, 5) is 25.4. The minimum atomic E-state index is -0.472. The van der Waals surface area contributed by atoms with Gasteiger partial charge in [-0.25, -0.2) is 0 Å². The van der Waals surface area contributed by atoms with Crippen molar-refractivity contribution in [1.82, 2.24) is 9.78 Å². The van der Waals surface area contributed by atoms with Crippen LogP contribution in [0.1, 0.15) is 15.9 Å². The molecule has 6 heteroatoms. The number of ether oxygens (including phenoxy) is 1. The summed E-state index contributed by atoms with van der Waals surface area (Å²) in [6.07, 6.45) is 2.05. The first-order chi connectivity index (χ1) is 9.99. The predicted molar refractivity (Wildman–Crippen MR) is 80.8 cm³/mol. The average molecular weight is 287 g/mol. The fraction of sp³-hybridized carbons (Fsp3) is 0.267. The lowest BCUT2D eigenvalue weighted by Crippen LogP contribution is -2.28. The maximum atomic E-state index is 12.5. The first kappa shape index (κ1) is 14.8.